The zero-order valence-electron chi connectivity index (χ0n) is 14.2. The Morgan fingerprint density at radius 3 is 2.39 bits per heavy atom. The van der Waals surface area contributed by atoms with E-state index in [-0.39, 0.29) is 28.2 Å². The molecular formula is C18H15F2NO6S. The summed E-state index contributed by atoms with van der Waals surface area (Å²) in [4.78, 5) is 34.2. The maximum absolute atomic E-state index is 14.0. The first-order valence-electron chi connectivity index (χ1n) is 7.80. The van der Waals surface area contributed by atoms with E-state index in [4.69, 9.17) is 5.11 Å². The number of nitrogens with one attached hydrogen (secondary N) is 1. The van der Waals surface area contributed by atoms with E-state index in [9.17, 15) is 33.4 Å². The number of aliphatic carboxylic acids is 2. The maximum atomic E-state index is 14.0. The Hall–Kier alpha value is -3.14. The molecule has 1 amide bonds. The van der Waals surface area contributed by atoms with Crippen molar-refractivity contribution in [2.45, 2.75) is 6.04 Å². The SMILES string of the molecule is O=C(O)CSC[C@H](NC(=O)c1cc(-c2ccc(F)cc2F)ccc1O)C(=O)O. The van der Waals surface area contributed by atoms with Crippen LogP contribution in [0.5, 0.6) is 5.75 Å². The predicted octanol–water partition coefficient (Wildman–Crippen LogP) is 2.34. The molecule has 4 N–H and O–H groups in total. The summed E-state index contributed by atoms with van der Waals surface area (Å²) in [5.74, 6) is -6.12. The highest BCUT2D eigenvalue weighted by Gasteiger charge is 2.23. The third-order valence-electron chi connectivity index (χ3n) is 3.60. The minimum Gasteiger partial charge on any atom is -0.507 e. The zero-order chi connectivity index (χ0) is 20.8. The molecule has 0 aromatic heterocycles. The van der Waals surface area contributed by atoms with Crippen LogP contribution in [0.3, 0.4) is 0 Å². The number of halogens is 2. The van der Waals surface area contributed by atoms with Gasteiger partial charge in [-0.05, 0) is 29.8 Å². The third kappa shape index (κ3) is 5.43. The van der Waals surface area contributed by atoms with Gasteiger partial charge in [0.25, 0.3) is 5.91 Å². The fourth-order valence-electron chi connectivity index (χ4n) is 2.28. The number of carboxylic acids is 2. The van der Waals surface area contributed by atoms with Gasteiger partial charge < -0.3 is 20.6 Å². The fourth-order valence-corrected chi connectivity index (χ4v) is 3.04. The summed E-state index contributed by atoms with van der Waals surface area (Å²) in [6, 6.07) is 5.06. The molecule has 0 aliphatic rings. The number of benzene rings is 2. The lowest BCUT2D eigenvalue weighted by atomic mass is 10.0. The monoisotopic (exact) mass is 411 g/mol. The molecule has 0 saturated carbocycles. The van der Waals surface area contributed by atoms with E-state index in [2.05, 4.69) is 5.32 Å². The molecule has 148 valence electrons. The molecule has 0 fully saturated rings. The van der Waals surface area contributed by atoms with Crippen LogP contribution in [-0.4, -0.2) is 50.7 Å². The smallest absolute Gasteiger partial charge is 0.327 e. The first-order chi connectivity index (χ1) is 13.2. The van der Waals surface area contributed by atoms with Gasteiger partial charge in [-0.3, -0.25) is 9.59 Å². The number of aromatic hydroxyl groups is 1. The second-order valence-corrected chi connectivity index (χ2v) is 6.66. The first kappa shape index (κ1) is 21.2. The Bertz CT molecular complexity index is 921. The molecule has 2 rings (SSSR count). The van der Waals surface area contributed by atoms with Crippen LogP contribution in [0.1, 0.15) is 10.4 Å². The van der Waals surface area contributed by atoms with Gasteiger partial charge in [-0.15, -0.1) is 11.8 Å². The van der Waals surface area contributed by atoms with Crippen LogP contribution in [-0.2, 0) is 9.59 Å². The predicted molar refractivity (Wildman–Crippen MR) is 97.3 cm³/mol. The van der Waals surface area contributed by atoms with E-state index < -0.39 is 41.3 Å². The molecule has 1 atom stereocenters. The number of amides is 1. The molecule has 0 unspecified atom stereocenters. The quantitative estimate of drug-likeness (QED) is 0.526. The number of phenols is 1. The molecule has 0 saturated heterocycles. The molecule has 2 aromatic rings. The van der Waals surface area contributed by atoms with Gasteiger partial charge in [-0.2, -0.15) is 0 Å². The lowest BCUT2D eigenvalue weighted by Gasteiger charge is -2.15. The van der Waals surface area contributed by atoms with Gasteiger partial charge in [0.15, 0.2) is 0 Å². The summed E-state index contributed by atoms with van der Waals surface area (Å²) in [5.41, 5.74) is -0.148. The summed E-state index contributed by atoms with van der Waals surface area (Å²) in [7, 11) is 0. The molecule has 0 bridgehead atoms. The Labute approximate surface area is 162 Å². The first-order valence-corrected chi connectivity index (χ1v) is 8.96. The molecule has 28 heavy (non-hydrogen) atoms. The van der Waals surface area contributed by atoms with Crippen molar-refractivity contribution < 1.29 is 38.5 Å². The summed E-state index contributed by atoms with van der Waals surface area (Å²) < 4.78 is 27.0. The van der Waals surface area contributed by atoms with Gasteiger partial charge in [0.1, 0.15) is 23.4 Å². The van der Waals surface area contributed by atoms with Gasteiger partial charge in [0, 0.05) is 17.4 Å². The van der Waals surface area contributed by atoms with Crippen LogP contribution in [0.2, 0.25) is 0 Å². The van der Waals surface area contributed by atoms with Gasteiger partial charge in [-0.1, -0.05) is 6.07 Å². The molecule has 0 heterocycles. The highest BCUT2D eigenvalue weighted by atomic mass is 32.2. The largest absolute Gasteiger partial charge is 0.507 e. The lowest BCUT2D eigenvalue weighted by molar-refractivity contribution is -0.138. The van der Waals surface area contributed by atoms with Gasteiger partial charge in [0.2, 0.25) is 0 Å². The summed E-state index contributed by atoms with van der Waals surface area (Å²) in [5, 5.41) is 29.9. The highest BCUT2D eigenvalue weighted by molar-refractivity contribution is 8.00. The van der Waals surface area contributed by atoms with E-state index in [1.54, 1.807) is 0 Å². The van der Waals surface area contributed by atoms with Crippen LogP contribution in [0.25, 0.3) is 11.1 Å². The van der Waals surface area contributed by atoms with Crippen molar-refractivity contribution >= 4 is 29.6 Å². The average Bonchev–Trinajstić information content (AvgIpc) is 2.61. The Balaban J connectivity index is 2.24. The molecule has 0 aliphatic carbocycles. The standard InChI is InChI=1S/C18H15F2NO6S/c19-10-2-3-11(13(20)6-10)9-1-4-15(22)12(5-9)17(25)21-14(18(26)27)7-28-8-16(23)24/h1-6,14,22H,7-8H2,(H,21,25)(H,23,24)(H,26,27)/t14-/m0/s1. The number of carbonyl (C=O) groups is 3. The van der Waals surface area contributed by atoms with Crippen molar-refractivity contribution in [1.29, 1.82) is 0 Å². The number of rotatable bonds is 8. The van der Waals surface area contributed by atoms with Crippen molar-refractivity contribution in [1.82, 2.24) is 5.32 Å². The number of carbonyl (C=O) groups excluding carboxylic acids is 1. The van der Waals surface area contributed by atoms with Crippen LogP contribution < -0.4 is 5.32 Å². The third-order valence-corrected chi connectivity index (χ3v) is 4.62. The minimum absolute atomic E-state index is 0.0118. The Kier molecular flexibility index (Phi) is 6.94. The number of hydrogen-bond acceptors (Lipinski definition) is 5. The number of hydrogen-bond donors (Lipinski definition) is 4. The normalized spacial score (nSPS) is 11.6. The summed E-state index contributed by atoms with van der Waals surface area (Å²) in [6.07, 6.45) is 0. The molecule has 0 radical (unpaired) electrons. The van der Waals surface area contributed by atoms with Crippen molar-refractivity contribution in [3.8, 4) is 16.9 Å². The second-order valence-electron chi connectivity index (χ2n) is 5.63. The van der Waals surface area contributed by atoms with Gasteiger partial charge in [-0.25, -0.2) is 13.6 Å². The minimum atomic E-state index is -1.40. The number of phenolic OH excluding ortho intramolecular Hbond substituents is 1. The van der Waals surface area contributed by atoms with Crippen LogP contribution in [0.15, 0.2) is 36.4 Å². The number of thioether (sulfide) groups is 1. The van der Waals surface area contributed by atoms with E-state index in [0.29, 0.717) is 6.07 Å². The van der Waals surface area contributed by atoms with Gasteiger partial charge >= 0.3 is 11.9 Å². The van der Waals surface area contributed by atoms with Crippen LogP contribution >= 0.6 is 11.8 Å². The highest BCUT2D eigenvalue weighted by Crippen LogP contribution is 2.28. The zero-order valence-corrected chi connectivity index (χ0v) is 15.0. The molecule has 0 aliphatic heterocycles. The van der Waals surface area contributed by atoms with Crippen LogP contribution in [0.4, 0.5) is 8.78 Å². The van der Waals surface area contributed by atoms with E-state index >= 15 is 0 Å². The van der Waals surface area contributed by atoms with E-state index in [0.717, 1.165) is 30.0 Å². The Morgan fingerprint density at radius 1 is 1.07 bits per heavy atom. The van der Waals surface area contributed by atoms with Gasteiger partial charge in [0.05, 0.1) is 11.3 Å². The van der Waals surface area contributed by atoms with Crippen molar-refractivity contribution in [3.63, 3.8) is 0 Å². The van der Waals surface area contributed by atoms with Crippen molar-refractivity contribution in [2.75, 3.05) is 11.5 Å². The van der Waals surface area contributed by atoms with E-state index in [1.165, 1.54) is 12.1 Å². The van der Waals surface area contributed by atoms with E-state index in [1.807, 2.05) is 0 Å². The fraction of sp³-hybridized carbons (Fsp3) is 0.167. The second kappa shape index (κ2) is 9.18. The lowest BCUT2D eigenvalue weighted by Crippen LogP contribution is -2.42. The van der Waals surface area contributed by atoms with Crippen molar-refractivity contribution in [3.05, 3.63) is 53.6 Å². The molecular weight excluding hydrogens is 396 g/mol. The van der Waals surface area contributed by atoms with Crippen LogP contribution in [0, 0.1) is 11.6 Å². The average molecular weight is 411 g/mol. The summed E-state index contributed by atoms with van der Waals surface area (Å²) in [6.45, 7) is 0. The Morgan fingerprint density at radius 2 is 1.79 bits per heavy atom. The molecule has 0 spiro atoms. The molecule has 2 aromatic carbocycles. The summed E-state index contributed by atoms with van der Waals surface area (Å²) >= 11 is 0.800. The maximum Gasteiger partial charge on any atom is 0.327 e. The number of carboxylic acid groups (broad SMARTS) is 2. The topological polar surface area (TPSA) is 124 Å². The van der Waals surface area contributed by atoms with Crippen molar-refractivity contribution in [2.24, 2.45) is 0 Å². The molecule has 10 heteroatoms. The molecule has 7 nitrogen and oxygen atoms in total.